The molecule has 1 aromatic rings. The third-order valence-corrected chi connectivity index (χ3v) is 2.19. The largest absolute Gasteiger partial charge is 0.409 e. The van der Waals surface area contributed by atoms with E-state index < -0.39 is 0 Å². The molecule has 0 aliphatic rings. The molecule has 15 heavy (non-hydrogen) atoms. The number of amidine groups is 1. The highest BCUT2D eigenvalue weighted by Gasteiger charge is 1.95. The minimum absolute atomic E-state index is 0.195. The molecule has 0 spiro atoms. The summed E-state index contributed by atoms with van der Waals surface area (Å²) in [5, 5.41) is 14.3. The van der Waals surface area contributed by atoms with Crippen LogP contribution in [-0.2, 0) is 13.0 Å². The molecule has 0 unspecified atom stereocenters. The quantitative estimate of drug-likeness (QED) is 0.293. The zero-order valence-corrected chi connectivity index (χ0v) is 8.90. The molecule has 0 heterocycles. The summed E-state index contributed by atoms with van der Waals surface area (Å²) in [6.07, 6.45) is 1.05. The summed E-state index contributed by atoms with van der Waals surface area (Å²) in [5.74, 6) is 0.195. The standard InChI is InChI=1S/C11H17N3O/c1-2-9-3-5-10(6-4-9)7-13-8-11(12)14-15/h3-6,13,15H,2,7-8H2,1H3,(H2,12,14). The van der Waals surface area contributed by atoms with Crippen LogP contribution in [0.2, 0.25) is 0 Å². The van der Waals surface area contributed by atoms with Crippen LogP contribution in [0.3, 0.4) is 0 Å². The zero-order valence-electron chi connectivity index (χ0n) is 8.90. The van der Waals surface area contributed by atoms with Crippen molar-refractivity contribution in [2.45, 2.75) is 19.9 Å². The van der Waals surface area contributed by atoms with Crippen LogP contribution in [0.15, 0.2) is 29.4 Å². The summed E-state index contributed by atoms with van der Waals surface area (Å²) in [7, 11) is 0. The second-order valence-corrected chi connectivity index (χ2v) is 3.36. The van der Waals surface area contributed by atoms with Gasteiger partial charge in [-0.15, -0.1) is 0 Å². The Bertz CT molecular complexity index is 319. The molecule has 1 rings (SSSR count). The first kappa shape index (κ1) is 11.5. The van der Waals surface area contributed by atoms with Gasteiger partial charge in [-0.3, -0.25) is 0 Å². The molecule has 1 aromatic carbocycles. The fourth-order valence-electron chi connectivity index (χ4n) is 1.26. The summed E-state index contributed by atoms with van der Waals surface area (Å²) in [5.41, 5.74) is 7.84. The molecule has 0 bridgehead atoms. The number of benzene rings is 1. The first-order valence-corrected chi connectivity index (χ1v) is 5.01. The lowest BCUT2D eigenvalue weighted by Gasteiger charge is -2.04. The van der Waals surface area contributed by atoms with E-state index >= 15 is 0 Å². The van der Waals surface area contributed by atoms with Crippen molar-refractivity contribution in [2.75, 3.05) is 6.54 Å². The first-order chi connectivity index (χ1) is 7.26. The van der Waals surface area contributed by atoms with Crippen molar-refractivity contribution in [3.63, 3.8) is 0 Å². The van der Waals surface area contributed by atoms with Crippen molar-refractivity contribution in [1.82, 2.24) is 5.32 Å². The van der Waals surface area contributed by atoms with Crippen molar-refractivity contribution < 1.29 is 5.21 Å². The molecule has 4 nitrogen and oxygen atoms in total. The predicted molar refractivity (Wildman–Crippen MR) is 60.9 cm³/mol. The fraction of sp³-hybridized carbons (Fsp3) is 0.364. The van der Waals surface area contributed by atoms with E-state index in [2.05, 4.69) is 41.7 Å². The monoisotopic (exact) mass is 207 g/mol. The van der Waals surface area contributed by atoms with E-state index in [0.717, 1.165) is 13.0 Å². The predicted octanol–water partition coefficient (Wildman–Crippen LogP) is 1.08. The molecular formula is C11H17N3O. The minimum Gasteiger partial charge on any atom is -0.409 e. The minimum atomic E-state index is 0.195. The summed E-state index contributed by atoms with van der Waals surface area (Å²) in [6, 6.07) is 8.39. The second-order valence-electron chi connectivity index (χ2n) is 3.36. The van der Waals surface area contributed by atoms with E-state index in [0.29, 0.717) is 6.54 Å². The fourth-order valence-corrected chi connectivity index (χ4v) is 1.26. The number of nitrogens with zero attached hydrogens (tertiary/aromatic N) is 1. The van der Waals surface area contributed by atoms with Gasteiger partial charge in [0, 0.05) is 6.54 Å². The van der Waals surface area contributed by atoms with Gasteiger partial charge < -0.3 is 16.3 Å². The Kier molecular flexibility index (Phi) is 4.63. The summed E-state index contributed by atoms with van der Waals surface area (Å²) in [4.78, 5) is 0. The van der Waals surface area contributed by atoms with E-state index in [9.17, 15) is 0 Å². The Hall–Kier alpha value is -1.55. The molecule has 0 radical (unpaired) electrons. The van der Waals surface area contributed by atoms with Gasteiger partial charge >= 0.3 is 0 Å². The van der Waals surface area contributed by atoms with Crippen molar-refractivity contribution in [1.29, 1.82) is 0 Å². The first-order valence-electron chi connectivity index (χ1n) is 5.01. The summed E-state index contributed by atoms with van der Waals surface area (Å²) >= 11 is 0. The van der Waals surface area contributed by atoms with E-state index in [1.165, 1.54) is 11.1 Å². The van der Waals surface area contributed by atoms with Crippen LogP contribution in [0.25, 0.3) is 0 Å². The Labute approximate surface area is 89.8 Å². The van der Waals surface area contributed by atoms with Crippen LogP contribution in [0.1, 0.15) is 18.1 Å². The average Bonchev–Trinajstić information content (AvgIpc) is 2.29. The van der Waals surface area contributed by atoms with E-state index in [4.69, 9.17) is 10.9 Å². The normalized spacial score (nSPS) is 11.7. The highest BCUT2D eigenvalue weighted by Crippen LogP contribution is 2.04. The number of hydrogen-bond donors (Lipinski definition) is 3. The Morgan fingerprint density at radius 2 is 1.93 bits per heavy atom. The number of nitrogens with one attached hydrogen (secondary N) is 1. The topological polar surface area (TPSA) is 70.6 Å². The third kappa shape index (κ3) is 3.99. The van der Waals surface area contributed by atoms with Crippen LogP contribution in [-0.4, -0.2) is 17.6 Å². The molecule has 0 atom stereocenters. The zero-order chi connectivity index (χ0) is 11.1. The summed E-state index contributed by atoms with van der Waals surface area (Å²) < 4.78 is 0. The van der Waals surface area contributed by atoms with Gasteiger partial charge in [0.15, 0.2) is 5.84 Å². The van der Waals surface area contributed by atoms with E-state index in [1.54, 1.807) is 0 Å². The molecule has 0 aliphatic heterocycles. The van der Waals surface area contributed by atoms with Gasteiger partial charge in [-0.1, -0.05) is 36.3 Å². The number of rotatable bonds is 5. The maximum Gasteiger partial charge on any atom is 0.153 e. The third-order valence-electron chi connectivity index (χ3n) is 2.19. The number of oxime groups is 1. The highest BCUT2D eigenvalue weighted by molar-refractivity contribution is 5.81. The second kappa shape index (κ2) is 6.03. The molecule has 0 aromatic heterocycles. The number of hydrogen-bond acceptors (Lipinski definition) is 3. The van der Waals surface area contributed by atoms with Crippen LogP contribution in [0, 0.1) is 0 Å². The van der Waals surface area contributed by atoms with E-state index in [1.807, 2.05) is 0 Å². The Balaban J connectivity index is 2.38. The maximum absolute atomic E-state index is 8.32. The van der Waals surface area contributed by atoms with Crippen molar-refractivity contribution in [2.24, 2.45) is 10.9 Å². The van der Waals surface area contributed by atoms with Crippen LogP contribution in [0.4, 0.5) is 0 Å². The van der Waals surface area contributed by atoms with Crippen LogP contribution in [0.5, 0.6) is 0 Å². The van der Waals surface area contributed by atoms with Crippen LogP contribution >= 0.6 is 0 Å². The van der Waals surface area contributed by atoms with Gasteiger partial charge in [0.25, 0.3) is 0 Å². The van der Waals surface area contributed by atoms with Crippen molar-refractivity contribution in [3.8, 4) is 0 Å². The Morgan fingerprint density at radius 1 is 1.33 bits per heavy atom. The number of nitrogens with two attached hydrogens (primary N) is 1. The van der Waals surface area contributed by atoms with Gasteiger partial charge in [-0.2, -0.15) is 0 Å². The highest BCUT2D eigenvalue weighted by atomic mass is 16.4. The van der Waals surface area contributed by atoms with Crippen molar-refractivity contribution in [3.05, 3.63) is 35.4 Å². The van der Waals surface area contributed by atoms with Gasteiger partial charge in [-0.25, -0.2) is 0 Å². The molecule has 0 saturated heterocycles. The van der Waals surface area contributed by atoms with Crippen molar-refractivity contribution >= 4 is 5.84 Å². The molecule has 82 valence electrons. The van der Waals surface area contributed by atoms with Gasteiger partial charge in [0.1, 0.15) is 0 Å². The molecule has 4 N–H and O–H groups in total. The molecule has 0 fully saturated rings. The van der Waals surface area contributed by atoms with Gasteiger partial charge in [0.2, 0.25) is 0 Å². The molecule has 0 saturated carbocycles. The number of aryl methyl sites for hydroxylation is 1. The Morgan fingerprint density at radius 3 is 2.47 bits per heavy atom. The van der Waals surface area contributed by atoms with Gasteiger partial charge in [-0.05, 0) is 17.5 Å². The SMILES string of the molecule is CCc1ccc(CNC/C(N)=N/O)cc1. The summed E-state index contributed by atoms with van der Waals surface area (Å²) in [6.45, 7) is 3.25. The van der Waals surface area contributed by atoms with E-state index in [-0.39, 0.29) is 5.84 Å². The average molecular weight is 207 g/mol. The van der Waals surface area contributed by atoms with Gasteiger partial charge in [0.05, 0.1) is 6.54 Å². The molecule has 0 aliphatic carbocycles. The van der Waals surface area contributed by atoms with Crippen LogP contribution < -0.4 is 11.1 Å². The smallest absolute Gasteiger partial charge is 0.153 e. The lowest BCUT2D eigenvalue weighted by Crippen LogP contribution is -2.28. The molecule has 0 amide bonds. The molecule has 4 heteroatoms. The maximum atomic E-state index is 8.32. The lowest BCUT2D eigenvalue weighted by molar-refractivity contribution is 0.317. The molecular weight excluding hydrogens is 190 g/mol. The lowest BCUT2D eigenvalue weighted by atomic mass is 10.1.